The minimum absolute atomic E-state index is 0.0190. The summed E-state index contributed by atoms with van der Waals surface area (Å²) in [5.41, 5.74) is 2.88. The lowest BCUT2D eigenvalue weighted by atomic mass is 10.1. The van der Waals surface area contributed by atoms with Crippen molar-refractivity contribution < 1.29 is 27.5 Å². The van der Waals surface area contributed by atoms with Crippen LogP contribution in [0.4, 0.5) is 36.2 Å². The smallest absolute Gasteiger partial charge is 0.278 e. The van der Waals surface area contributed by atoms with Gasteiger partial charge >= 0.3 is 0 Å². The Morgan fingerprint density at radius 2 is 1.85 bits per heavy atom. The topological polar surface area (TPSA) is 128 Å². The lowest BCUT2D eigenvalue weighted by Crippen LogP contribution is -2.24. The second kappa shape index (κ2) is 10.9. The molecule has 1 fully saturated rings. The van der Waals surface area contributed by atoms with Crippen molar-refractivity contribution in [3.05, 3.63) is 66.0 Å². The number of hydroxylamine groups is 1. The molecule has 5 rings (SSSR count). The summed E-state index contributed by atoms with van der Waals surface area (Å²) in [6, 6.07) is 4.74. The summed E-state index contributed by atoms with van der Waals surface area (Å²) < 4.78 is 49.6. The van der Waals surface area contributed by atoms with E-state index >= 15 is 0 Å². The number of hydrogen-bond acceptors (Lipinski definition) is 9. The number of amides is 1. The van der Waals surface area contributed by atoms with Crippen LogP contribution in [0.2, 0.25) is 0 Å². The molecular formula is C25H23F3N8O3. The van der Waals surface area contributed by atoms with E-state index in [-0.39, 0.29) is 52.8 Å². The fraction of sp³-hybridized carbons (Fsp3) is 0.240. The molecule has 39 heavy (non-hydrogen) atoms. The lowest BCUT2D eigenvalue weighted by molar-refractivity contribution is 0.0365. The molecule has 0 atom stereocenters. The molecule has 3 aromatic heterocycles. The average Bonchev–Trinajstić information content (AvgIpc) is 3.65. The van der Waals surface area contributed by atoms with E-state index in [1.54, 1.807) is 17.9 Å². The fourth-order valence-electron chi connectivity index (χ4n) is 3.76. The van der Waals surface area contributed by atoms with E-state index in [4.69, 9.17) is 9.57 Å². The molecule has 3 heterocycles. The molecule has 0 radical (unpaired) electrons. The highest BCUT2D eigenvalue weighted by Gasteiger charge is 2.26. The summed E-state index contributed by atoms with van der Waals surface area (Å²) in [4.78, 5) is 29.9. The van der Waals surface area contributed by atoms with Gasteiger partial charge in [0.15, 0.2) is 23.2 Å². The number of aromatic nitrogens is 5. The van der Waals surface area contributed by atoms with E-state index in [9.17, 15) is 18.0 Å². The zero-order valence-electron chi connectivity index (χ0n) is 20.8. The maximum Gasteiger partial charge on any atom is 0.278 e. The number of rotatable bonds is 10. The first-order valence-electron chi connectivity index (χ1n) is 11.9. The maximum atomic E-state index is 14.8. The number of nitrogens with zero attached hydrogens (tertiary/aromatic N) is 5. The number of carbonyl (C=O) groups excluding carboxylic acids is 1. The van der Waals surface area contributed by atoms with Crippen LogP contribution >= 0.6 is 0 Å². The molecule has 0 saturated heterocycles. The number of pyridine rings is 2. The number of methoxy groups -OCH3 is 1. The van der Waals surface area contributed by atoms with E-state index < -0.39 is 23.4 Å². The van der Waals surface area contributed by atoms with E-state index in [0.29, 0.717) is 11.6 Å². The number of halogens is 3. The minimum Gasteiger partial charge on any atom is -0.494 e. The van der Waals surface area contributed by atoms with E-state index in [1.165, 1.54) is 31.5 Å². The van der Waals surface area contributed by atoms with Gasteiger partial charge in [0.25, 0.3) is 5.91 Å². The molecule has 1 amide bonds. The Kier molecular flexibility index (Phi) is 7.27. The first-order chi connectivity index (χ1) is 18.9. The van der Waals surface area contributed by atoms with Gasteiger partial charge in [-0.25, -0.2) is 38.3 Å². The zero-order valence-corrected chi connectivity index (χ0v) is 20.8. The van der Waals surface area contributed by atoms with E-state index in [0.717, 1.165) is 19.0 Å². The maximum absolute atomic E-state index is 14.8. The van der Waals surface area contributed by atoms with Crippen molar-refractivity contribution in [2.45, 2.75) is 25.8 Å². The van der Waals surface area contributed by atoms with Gasteiger partial charge in [-0.2, -0.15) is 5.10 Å². The molecule has 1 aliphatic rings. The number of ether oxygens (including phenoxy) is 1. The minimum atomic E-state index is -0.945. The normalized spacial score (nSPS) is 12.7. The summed E-state index contributed by atoms with van der Waals surface area (Å²) in [5.74, 6) is -2.79. The molecule has 1 aliphatic carbocycles. The van der Waals surface area contributed by atoms with Gasteiger partial charge in [0.05, 0.1) is 48.5 Å². The number of benzene rings is 1. The van der Waals surface area contributed by atoms with Crippen molar-refractivity contribution in [1.29, 1.82) is 0 Å². The Labute approximate surface area is 220 Å². The van der Waals surface area contributed by atoms with Crippen molar-refractivity contribution in [1.82, 2.24) is 30.2 Å². The van der Waals surface area contributed by atoms with Crippen LogP contribution in [0, 0.1) is 17.5 Å². The molecule has 202 valence electrons. The predicted octanol–water partition coefficient (Wildman–Crippen LogP) is 4.66. The Balaban J connectivity index is 1.53. The van der Waals surface area contributed by atoms with Crippen molar-refractivity contribution in [3.8, 4) is 17.1 Å². The van der Waals surface area contributed by atoms with Crippen LogP contribution in [0.1, 0.15) is 36.2 Å². The van der Waals surface area contributed by atoms with E-state index in [1.807, 2.05) is 0 Å². The summed E-state index contributed by atoms with van der Waals surface area (Å²) in [6.07, 6.45) is 5.62. The van der Waals surface area contributed by atoms with Crippen LogP contribution in [0.3, 0.4) is 0 Å². The third kappa shape index (κ3) is 5.75. The molecule has 4 aromatic rings. The SMILES string of the molecule is CCONC(=O)c1cnc(Nc2ncc(F)cc2F)cc1Nc1cc(F)cc(-c2ncn(C3CC3)n2)c1OC. The average molecular weight is 541 g/mol. The molecule has 0 spiro atoms. The molecular weight excluding hydrogens is 517 g/mol. The number of hydrogen-bond donors (Lipinski definition) is 3. The summed E-state index contributed by atoms with van der Waals surface area (Å²) in [5, 5.41) is 10.1. The van der Waals surface area contributed by atoms with Crippen LogP contribution < -0.4 is 20.9 Å². The monoisotopic (exact) mass is 540 g/mol. The zero-order chi connectivity index (χ0) is 27.5. The number of anilines is 4. The highest BCUT2D eigenvalue weighted by atomic mass is 19.1. The Morgan fingerprint density at radius 3 is 2.56 bits per heavy atom. The van der Waals surface area contributed by atoms with Gasteiger partial charge in [0.1, 0.15) is 23.8 Å². The fourth-order valence-corrected chi connectivity index (χ4v) is 3.76. The summed E-state index contributed by atoms with van der Waals surface area (Å²) in [7, 11) is 1.41. The molecule has 1 aromatic carbocycles. The van der Waals surface area contributed by atoms with Crippen LogP contribution in [-0.4, -0.2) is 44.4 Å². The van der Waals surface area contributed by atoms with Gasteiger partial charge in [0.2, 0.25) is 0 Å². The van der Waals surface area contributed by atoms with Gasteiger partial charge < -0.3 is 15.4 Å². The van der Waals surface area contributed by atoms with Crippen molar-refractivity contribution in [3.63, 3.8) is 0 Å². The molecule has 0 aliphatic heterocycles. The van der Waals surface area contributed by atoms with Crippen LogP contribution in [-0.2, 0) is 4.84 Å². The van der Waals surface area contributed by atoms with Crippen LogP contribution in [0.25, 0.3) is 11.4 Å². The largest absolute Gasteiger partial charge is 0.494 e. The summed E-state index contributed by atoms with van der Waals surface area (Å²) in [6.45, 7) is 1.89. The lowest BCUT2D eigenvalue weighted by Gasteiger charge is -2.17. The first kappa shape index (κ1) is 25.9. The predicted molar refractivity (Wildman–Crippen MR) is 134 cm³/mol. The Hall–Kier alpha value is -4.72. The highest BCUT2D eigenvalue weighted by Crippen LogP contribution is 2.40. The second-order valence-corrected chi connectivity index (χ2v) is 8.53. The standard InChI is InChI=1S/C25H23F3N8O3/c1-3-39-35-25(37)17-11-29-21(33-24-18(28)7-14(27)10-30-24)9-19(17)32-20-8-13(26)6-16(22(20)38-2)23-31-12-36(34-23)15-4-5-15/h6-12,15H,3-5H2,1-2H3,(H,35,37)(H2,29,30,32,33). The van der Waals surface area contributed by atoms with Gasteiger partial charge in [-0.05, 0) is 25.8 Å². The molecule has 3 N–H and O–H groups in total. The molecule has 0 bridgehead atoms. The van der Waals surface area contributed by atoms with Gasteiger partial charge in [-0.3, -0.25) is 9.63 Å². The van der Waals surface area contributed by atoms with Gasteiger partial charge in [-0.15, -0.1) is 0 Å². The van der Waals surface area contributed by atoms with Crippen molar-refractivity contribution in [2.24, 2.45) is 0 Å². The third-order valence-corrected chi connectivity index (χ3v) is 5.71. The summed E-state index contributed by atoms with van der Waals surface area (Å²) >= 11 is 0. The molecule has 1 saturated carbocycles. The number of nitrogens with one attached hydrogen (secondary N) is 3. The van der Waals surface area contributed by atoms with Crippen molar-refractivity contribution in [2.75, 3.05) is 24.4 Å². The van der Waals surface area contributed by atoms with Crippen LogP contribution in [0.5, 0.6) is 5.75 Å². The van der Waals surface area contributed by atoms with Crippen molar-refractivity contribution >= 4 is 28.9 Å². The molecule has 11 nitrogen and oxygen atoms in total. The number of carbonyl (C=O) groups is 1. The Morgan fingerprint density at radius 1 is 1.03 bits per heavy atom. The van der Waals surface area contributed by atoms with Gasteiger partial charge in [-0.1, -0.05) is 0 Å². The van der Waals surface area contributed by atoms with E-state index in [2.05, 4.69) is 36.2 Å². The molecule has 0 unspecified atom stereocenters. The first-order valence-corrected chi connectivity index (χ1v) is 11.9. The highest BCUT2D eigenvalue weighted by molar-refractivity contribution is 6.00. The Bertz CT molecular complexity index is 1530. The second-order valence-electron chi connectivity index (χ2n) is 8.53. The molecule has 14 heteroatoms. The third-order valence-electron chi connectivity index (χ3n) is 5.71. The van der Waals surface area contributed by atoms with Gasteiger partial charge in [0, 0.05) is 24.4 Å². The quantitative estimate of drug-likeness (QED) is 0.246. The van der Waals surface area contributed by atoms with Crippen LogP contribution in [0.15, 0.2) is 43.0 Å².